The molecule has 0 saturated carbocycles. The van der Waals surface area contributed by atoms with Gasteiger partial charge in [-0.25, -0.2) is 0 Å². The second-order valence-corrected chi connectivity index (χ2v) is 5.23. The molecule has 1 aliphatic heterocycles. The van der Waals surface area contributed by atoms with E-state index in [1.807, 2.05) is 18.2 Å². The maximum absolute atomic E-state index is 11.0. The van der Waals surface area contributed by atoms with Crippen molar-refractivity contribution in [1.82, 2.24) is 4.90 Å². The molecule has 1 aliphatic rings. The van der Waals surface area contributed by atoms with E-state index in [2.05, 4.69) is 17.0 Å². The largest absolute Gasteiger partial charge is 0.480 e. The minimum atomic E-state index is -0.688. The number of carbonyl (C=O) groups is 1. The Bertz CT molecular complexity index is 413. The molecule has 0 aliphatic carbocycles. The Hall–Kier alpha value is -1.10. The van der Waals surface area contributed by atoms with E-state index in [1.54, 1.807) is 0 Å². The van der Waals surface area contributed by atoms with Gasteiger partial charge < -0.3 is 9.84 Å². The smallest absolute Gasteiger partial charge is 0.320 e. The summed E-state index contributed by atoms with van der Waals surface area (Å²) in [5.41, 5.74) is 1.29. The molecule has 2 rings (SSSR count). The van der Waals surface area contributed by atoms with E-state index in [0.29, 0.717) is 6.61 Å². The van der Waals surface area contributed by atoms with Crippen LogP contribution in [0.2, 0.25) is 0 Å². The van der Waals surface area contributed by atoms with Crippen molar-refractivity contribution in [3.8, 4) is 0 Å². The van der Waals surface area contributed by atoms with Crippen LogP contribution in [-0.2, 0) is 16.0 Å². The highest BCUT2D eigenvalue weighted by molar-refractivity contribution is 5.85. The maximum Gasteiger partial charge on any atom is 0.320 e. The molecule has 0 spiro atoms. The highest BCUT2D eigenvalue weighted by atomic mass is 35.5. The van der Waals surface area contributed by atoms with Gasteiger partial charge in [-0.3, -0.25) is 9.69 Å². The van der Waals surface area contributed by atoms with Gasteiger partial charge >= 0.3 is 5.97 Å². The average Bonchev–Trinajstić information content (AvgIpc) is 2.92. The van der Waals surface area contributed by atoms with E-state index in [0.717, 1.165) is 45.4 Å². The monoisotopic (exact) mass is 313 g/mol. The molecule has 1 aromatic carbocycles. The normalized spacial score (nSPS) is 18.4. The molecule has 21 heavy (non-hydrogen) atoms. The van der Waals surface area contributed by atoms with Crippen molar-refractivity contribution in [2.75, 3.05) is 26.3 Å². The zero-order chi connectivity index (χ0) is 14.2. The summed E-state index contributed by atoms with van der Waals surface area (Å²) in [5.74, 6) is -0.688. The zero-order valence-corrected chi connectivity index (χ0v) is 13.1. The first-order valence-corrected chi connectivity index (χ1v) is 7.36. The quantitative estimate of drug-likeness (QED) is 0.750. The van der Waals surface area contributed by atoms with Gasteiger partial charge in [-0.15, -0.1) is 12.4 Å². The molecule has 1 aromatic rings. The van der Waals surface area contributed by atoms with E-state index in [1.165, 1.54) is 5.56 Å². The number of ether oxygens (including phenoxy) is 1. The summed E-state index contributed by atoms with van der Waals surface area (Å²) in [5, 5.41) is 9.08. The summed E-state index contributed by atoms with van der Waals surface area (Å²) in [4.78, 5) is 13.1. The number of aliphatic carboxylic acids is 1. The van der Waals surface area contributed by atoms with Crippen LogP contribution in [-0.4, -0.2) is 48.3 Å². The number of benzene rings is 1. The number of hydrogen-bond acceptors (Lipinski definition) is 3. The van der Waals surface area contributed by atoms with Crippen molar-refractivity contribution >= 4 is 18.4 Å². The molecule has 1 atom stereocenters. The summed E-state index contributed by atoms with van der Waals surface area (Å²) in [6.07, 6.45) is 3.61. The highest BCUT2D eigenvalue weighted by Gasteiger charge is 2.29. The van der Waals surface area contributed by atoms with Crippen molar-refractivity contribution in [3.63, 3.8) is 0 Å². The fourth-order valence-corrected chi connectivity index (χ4v) is 2.68. The molecular formula is C16H24ClNO3. The lowest BCUT2D eigenvalue weighted by molar-refractivity contribution is -0.142. The van der Waals surface area contributed by atoms with E-state index in [9.17, 15) is 4.79 Å². The van der Waals surface area contributed by atoms with Crippen molar-refractivity contribution in [1.29, 1.82) is 0 Å². The van der Waals surface area contributed by atoms with Gasteiger partial charge in [0.1, 0.15) is 6.04 Å². The van der Waals surface area contributed by atoms with Crippen LogP contribution < -0.4 is 0 Å². The number of carboxylic acid groups (broad SMARTS) is 1. The zero-order valence-electron chi connectivity index (χ0n) is 12.2. The van der Waals surface area contributed by atoms with Crippen LogP contribution in [0.5, 0.6) is 0 Å². The van der Waals surface area contributed by atoms with Crippen LogP contribution in [0.25, 0.3) is 0 Å². The van der Waals surface area contributed by atoms with Crippen LogP contribution in [0.15, 0.2) is 30.3 Å². The van der Waals surface area contributed by atoms with Gasteiger partial charge in [0.15, 0.2) is 0 Å². The van der Waals surface area contributed by atoms with E-state index >= 15 is 0 Å². The third-order valence-corrected chi connectivity index (χ3v) is 3.76. The fourth-order valence-electron chi connectivity index (χ4n) is 2.68. The summed E-state index contributed by atoms with van der Waals surface area (Å²) in [6, 6.07) is 10.0. The molecule has 0 radical (unpaired) electrons. The topological polar surface area (TPSA) is 49.8 Å². The number of carboxylic acids is 1. The molecular weight excluding hydrogens is 290 g/mol. The number of likely N-dealkylation sites (tertiary alicyclic amines) is 1. The Labute approximate surface area is 132 Å². The van der Waals surface area contributed by atoms with Gasteiger partial charge in [-0.05, 0) is 37.8 Å². The fraction of sp³-hybridized carbons (Fsp3) is 0.562. The average molecular weight is 314 g/mol. The Morgan fingerprint density at radius 3 is 2.76 bits per heavy atom. The lowest BCUT2D eigenvalue weighted by atomic mass is 10.2. The second-order valence-electron chi connectivity index (χ2n) is 5.23. The van der Waals surface area contributed by atoms with Crippen LogP contribution in [0.3, 0.4) is 0 Å². The van der Waals surface area contributed by atoms with Gasteiger partial charge in [-0.2, -0.15) is 0 Å². The third kappa shape index (κ3) is 6.04. The molecule has 118 valence electrons. The Morgan fingerprint density at radius 1 is 1.29 bits per heavy atom. The third-order valence-electron chi connectivity index (χ3n) is 3.76. The standard InChI is InChI=1S/C16H23NO3.ClH/c18-16(19)15-8-4-10-17(15)11-5-12-20-13-9-14-6-2-1-3-7-14;/h1-3,6-7,15H,4-5,8-13H2,(H,18,19);1H/t15-;/m1./s1. The molecule has 0 unspecified atom stereocenters. The van der Waals surface area contributed by atoms with E-state index in [4.69, 9.17) is 9.84 Å². The number of rotatable bonds is 8. The van der Waals surface area contributed by atoms with Crippen LogP contribution in [0, 0.1) is 0 Å². The summed E-state index contributed by atoms with van der Waals surface area (Å²) in [6.45, 7) is 3.16. The van der Waals surface area contributed by atoms with Gasteiger partial charge in [0.25, 0.3) is 0 Å². The number of hydrogen-bond donors (Lipinski definition) is 1. The first-order valence-electron chi connectivity index (χ1n) is 7.36. The molecule has 0 aromatic heterocycles. The summed E-state index contributed by atoms with van der Waals surface area (Å²) in [7, 11) is 0. The molecule has 1 heterocycles. The first-order chi connectivity index (χ1) is 9.77. The lowest BCUT2D eigenvalue weighted by Crippen LogP contribution is -2.36. The number of halogens is 1. The summed E-state index contributed by atoms with van der Waals surface area (Å²) < 4.78 is 5.62. The van der Waals surface area contributed by atoms with Crippen LogP contribution >= 0.6 is 12.4 Å². The SMILES string of the molecule is Cl.O=C(O)[C@H]1CCCN1CCCOCCc1ccccc1. The molecule has 5 heteroatoms. The van der Waals surface area contributed by atoms with Gasteiger partial charge in [0.2, 0.25) is 0 Å². The molecule has 0 bridgehead atoms. The Kier molecular flexibility index (Phi) is 8.35. The molecule has 1 saturated heterocycles. The Balaban J connectivity index is 0.00000220. The van der Waals surface area contributed by atoms with E-state index in [-0.39, 0.29) is 18.4 Å². The minimum Gasteiger partial charge on any atom is -0.480 e. The first kappa shape index (κ1) is 18.0. The lowest BCUT2D eigenvalue weighted by Gasteiger charge is -2.20. The van der Waals surface area contributed by atoms with Gasteiger partial charge in [-0.1, -0.05) is 30.3 Å². The van der Waals surface area contributed by atoms with Crippen molar-refractivity contribution in [2.24, 2.45) is 0 Å². The summed E-state index contributed by atoms with van der Waals surface area (Å²) >= 11 is 0. The van der Waals surface area contributed by atoms with Gasteiger partial charge in [0.05, 0.1) is 6.61 Å². The van der Waals surface area contributed by atoms with E-state index < -0.39 is 5.97 Å². The van der Waals surface area contributed by atoms with Crippen molar-refractivity contribution in [2.45, 2.75) is 31.7 Å². The van der Waals surface area contributed by atoms with Gasteiger partial charge in [0, 0.05) is 13.2 Å². The second kappa shape index (κ2) is 9.77. The number of nitrogens with zero attached hydrogens (tertiary/aromatic N) is 1. The van der Waals surface area contributed by atoms with Crippen LogP contribution in [0.4, 0.5) is 0 Å². The molecule has 1 N–H and O–H groups in total. The molecule has 1 fully saturated rings. The Morgan fingerprint density at radius 2 is 2.05 bits per heavy atom. The maximum atomic E-state index is 11.0. The minimum absolute atomic E-state index is 0. The van der Waals surface area contributed by atoms with Crippen LogP contribution in [0.1, 0.15) is 24.8 Å². The predicted octanol–water partition coefficient (Wildman–Crippen LogP) is 2.61. The van der Waals surface area contributed by atoms with Crippen molar-refractivity contribution in [3.05, 3.63) is 35.9 Å². The molecule has 4 nitrogen and oxygen atoms in total. The van der Waals surface area contributed by atoms with Crippen molar-refractivity contribution < 1.29 is 14.6 Å². The highest BCUT2D eigenvalue weighted by Crippen LogP contribution is 2.17. The molecule has 0 amide bonds. The predicted molar refractivity (Wildman–Crippen MR) is 85.1 cm³/mol.